The molecule has 19 heteroatoms. The van der Waals surface area contributed by atoms with E-state index in [1.54, 1.807) is 0 Å². The number of benzene rings is 4. The van der Waals surface area contributed by atoms with Crippen LogP contribution in [0, 0.1) is 0 Å². The van der Waals surface area contributed by atoms with Crippen LogP contribution < -0.4 is 38.5 Å². The van der Waals surface area contributed by atoms with Gasteiger partial charge in [-0.05, 0) is 84.9 Å². The van der Waals surface area contributed by atoms with Crippen LogP contribution in [0.1, 0.15) is 41.4 Å². The van der Waals surface area contributed by atoms with E-state index in [9.17, 15) is 19.2 Å². The first kappa shape index (κ1) is 39.1. The maximum Gasteiger partial charge on any atom is 0.335 e. The van der Waals surface area contributed by atoms with Crippen LogP contribution in [0.25, 0.3) is 0 Å². The molecular weight excluding hydrogens is 704 g/mol. The average molecular weight is 741 g/mol. The standard InChI is InChI=1S/C19H22N8O.2C8H7NO4/c20-13-1-5-15(6-2-13)22-17-24-18(23-16-7-3-14(21)4-8-16)26-19(25-17)27-9-11-28-12-10-27;2*9-6-2-4(7(10)11)1-5(3-6)8(12)13/h1-8H,9-12,20-21H2,(H2,22,23,24,25,26);2*1-3H,9H2,(H,10,11)(H,12,13). The van der Waals surface area contributed by atoms with Crippen molar-refractivity contribution in [1.29, 1.82) is 0 Å². The largest absolute Gasteiger partial charge is 0.478 e. The molecule has 0 radical (unpaired) electrons. The normalized spacial score (nSPS) is 11.8. The third-order valence-corrected chi connectivity index (χ3v) is 7.15. The molecule has 0 amide bonds. The SMILES string of the molecule is Nc1cc(C(=O)O)cc(C(=O)O)c1.Nc1cc(C(=O)O)cc(C(=O)O)c1.Nc1ccc(Nc2nc(Nc3ccc(N)cc3)nc(N3CCOCC3)n2)cc1. The molecule has 14 N–H and O–H groups in total. The lowest BCUT2D eigenvalue weighted by atomic mass is 10.1. The molecule has 1 fully saturated rings. The summed E-state index contributed by atoms with van der Waals surface area (Å²) in [6.07, 6.45) is 0. The third-order valence-electron chi connectivity index (χ3n) is 7.15. The number of carboxylic acid groups (broad SMARTS) is 4. The minimum Gasteiger partial charge on any atom is -0.478 e. The topological polar surface area (TPSA) is 328 Å². The van der Waals surface area contributed by atoms with Gasteiger partial charge in [0, 0.05) is 47.2 Å². The van der Waals surface area contributed by atoms with E-state index in [2.05, 4.69) is 30.5 Å². The van der Waals surface area contributed by atoms with Crippen molar-refractivity contribution in [3.05, 3.63) is 107 Å². The monoisotopic (exact) mass is 740 g/mol. The molecule has 0 saturated carbocycles. The van der Waals surface area contributed by atoms with Crippen LogP contribution in [0.3, 0.4) is 0 Å². The molecule has 2 heterocycles. The van der Waals surface area contributed by atoms with Crippen LogP contribution >= 0.6 is 0 Å². The third kappa shape index (κ3) is 11.7. The number of rotatable bonds is 9. The van der Waals surface area contributed by atoms with Crippen LogP contribution in [0.4, 0.5) is 52.0 Å². The number of nitrogen functional groups attached to an aromatic ring is 4. The van der Waals surface area contributed by atoms with Gasteiger partial charge in [0.25, 0.3) is 0 Å². The van der Waals surface area contributed by atoms with Crippen molar-refractivity contribution in [3.63, 3.8) is 0 Å². The number of aromatic carboxylic acids is 4. The van der Waals surface area contributed by atoms with Crippen molar-refractivity contribution in [2.75, 3.05) is 64.8 Å². The lowest BCUT2D eigenvalue weighted by Crippen LogP contribution is -2.37. The minimum absolute atomic E-state index is 0.123. The number of carbonyl (C=O) groups is 4. The number of nitrogens with two attached hydrogens (primary N) is 4. The molecule has 0 spiro atoms. The molecule has 1 aliphatic rings. The lowest BCUT2D eigenvalue weighted by molar-refractivity contribution is 0.0676. The van der Waals surface area contributed by atoms with Gasteiger partial charge in [-0.1, -0.05) is 0 Å². The number of aromatic nitrogens is 3. The number of morpholine rings is 1. The molecule has 5 aromatic rings. The van der Waals surface area contributed by atoms with Crippen molar-refractivity contribution in [2.24, 2.45) is 0 Å². The maximum atomic E-state index is 10.5. The summed E-state index contributed by atoms with van der Waals surface area (Å²) in [7, 11) is 0. The van der Waals surface area contributed by atoms with Crippen LogP contribution in [-0.4, -0.2) is 85.6 Å². The number of hydrogen-bond donors (Lipinski definition) is 10. The summed E-state index contributed by atoms with van der Waals surface area (Å²) in [4.78, 5) is 57.6. The Bertz CT molecular complexity index is 1920. The van der Waals surface area contributed by atoms with Gasteiger partial charge in [0.05, 0.1) is 35.5 Å². The van der Waals surface area contributed by atoms with Gasteiger partial charge in [0.15, 0.2) is 0 Å². The summed E-state index contributed by atoms with van der Waals surface area (Å²) in [5.74, 6) is -3.32. The fourth-order valence-corrected chi connectivity index (χ4v) is 4.57. The van der Waals surface area contributed by atoms with Gasteiger partial charge >= 0.3 is 23.9 Å². The van der Waals surface area contributed by atoms with E-state index in [0.717, 1.165) is 36.6 Å². The Balaban J connectivity index is 0.000000208. The highest BCUT2D eigenvalue weighted by Gasteiger charge is 2.17. The molecule has 0 aliphatic carbocycles. The quantitative estimate of drug-likeness (QED) is 0.0963. The van der Waals surface area contributed by atoms with Gasteiger partial charge in [0.2, 0.25) is 17.8 Å². The Morgan fingerprint density at radius 2 is 0.852 bits per heavy atom. The highest BCUT2D eigenvalue weighted by molar-refractivity contribution is 5.96. The summed E-state index contributed by atoms with van der Waals surface area (Å²) in [6, 6.07) is 21.7. The molecule has 0 bridgehead atoms. The van der Waals surface area contributed by atoms with Crippen LogP contribution in [-0.2, 0) is 4.74 Å². The van der Waals surface area contributed by atoms with Crippen LogP contribution in [0.2, 0.25) is 0 Å². The Morgan fingerprint density at radius 3 is 1.17 bits per heavy atom. The Morgan fingerprint density at radius 1 is 0.519 bits per heavy atom. The van der Waals surface area contributed by atoms with Crippen molar-refractivity contribution in [1.82, 2.24) is 15.0 Å². The molecule has 1 aliphatic heterocycles. The first-order valence-electron chi connectivity index (χ1n) is 15.7. The van der Waals surface area contributed by atoms with Crippen molar-refractivity contribution in [2.45, 2.75) is 0 Å². The summed E-state index contributed by atoms with van der Waals surface area (Å²) in [5.41, 5.74) is 24.9. The molecule has 0 unspecified atom stereocenters. The first-order chi connectivity index (χ1) is 25.7. The molecule has 6 rings (SSSR count). The number of ether oxygens (including phenoxy) is 1. The molecule has 4 aromatic carbocycles. The van der Waals surface area contributed by atoms with E-state index >= 15 is 0 Å². The van der Waals surface area contributed by atoms with Crippen LogP contribution in [0.15, 0.2) is 84.9 Å². The predicted octanol–water partition coefficient (Wildman–Crippen LogP) is 3.69. The molecule has 0 atom stereocenters. The lowest BCUT2D eigenvalue weighted by Gasteiger charge is -2.27. The van der Waals surface area contributed by atoms with Gasteiger partial charge in [-0.2, -0.15) is 15.0 Å². The van der Waals surface area contributed by atoms with E-state index in [0.29, 0.717) is 42.4 Å². The van der Waals surface area contributed by atoms with E-state index in [4.69, 9.17) is 48.1 Å². The zero-order chi connectivity index (χ0) is 39.4. The number of nitrogens with zero attached hydrogens (tertiary/aromatic N) is 4. The van der Waals surface area contributed by atoms with Crippen molar-refractivity contribution >= 4 is 75.8 Å². The second-order valence-corrected chi connectivity index (χ2v) is 11.3. The Labute approximate surface area is 306 Å². The highest BCUT2D eigenvalue weighted by atomic mass is 16.5. The second kappa shape index (κ2) is 18.0. The van der Waals surface area contributed by atoms with Crippen LogP contribution in [0.5, 0.6) is 0 Å². The smallest absolute Gasteiger partial charge is 0.335 e. The van der Waals surface area contributed by atoms with Crippen molar-refractivity contribution in [3.8, 4) is 0 Å². The molecule has 280 valence electrons. The second-order valence-electron chi connectivity index (χ2n) is 11.3. The fourth-order valence-electron chi connectivity index (χ4n) is 4.57. The number of carboxylic acids is 4. The zero-order valence-electron chi connectivity index (χ0n) is 28.3. The molecular formula is C35H36N10O9. The van der Waals surface area contributed by atoms with E-state index in [-0.39, 0.29) is 33.6 Å². The molecule has 1 aromatic heterocycles. The molecule has 54 heavy (non-hydrogen) atoms. The summed E-state index contributed by atoms with van der Waals surface area (Å²) < 4.78 is 5.43. The Kier molecular flexibility index (Phi) is 13.0. The van der Waals surface area contributed by atoms with Gasteiger partial charge in [-0.3, -0.25) is 0 Å². The minimum atomic E-state index is -1.20. The summed E-state index contributed by atoms with van der Waals surface area (Å²) >= 11 is 0. The zero-order valence-corrected chi connectivity index (χ0v) is 28.3. The number of nitrogens with one attached hydrogen (secondary N) is 2. The van der Waals surface area contributed by atoms with E-state index < -0.39 is 23.9 Å². The summed E-state index contributed by atoms with van der Waals surface area (Å²) in [5, 5.41) is 40.7. The van der Waals surface area contributed by atoms with Crippen molar-refractivity contribution < 1.29 is 44.3 Å². The predicted molar refractivity (Wildman–Crippen MR) is 201 cm³/mol. The van der Waals surface area contributed by atoms with Gasteiger partial charge in [-0.15, -0.1) is 0 Å². The van der Waals surface area contributed by atoms with E-state index in [1.165, 1.54) is 24.3 Å². The average Bonchev–Trinajstić information content (AvgIpc) is 3.14. The summed E-state index contributed by atoms with van der Waals surface area (Å²) in [6.45, 7) is 2.75. The number of hydrogen-bond acceptors (Lipinski definition) is 15. The van der Waals surface area contributed by atoms with Gasteiger partial charge in [0.1, 0.15) is 0 Å². The Hall–Kier alpha value is -7.67. The fraction of sp³-hybridized carbons (Fsp3) is 0.114. The molecule has 1 saturated heterocycles. The highest BCUT2D eigenvalue weighted by Crippen LogP contribution is 2.22. The van der Waals surface area contributed by atoms with Gasteiger partial charge < -0.3 is 63.6 Å². The van der Waals surface area contributed by atoms with E-state index in [1.807, 2.05) is 48.5 Å². The number of anilines is 9. The maximum absolute atomic E-state index is 10.5. The van der Waals surface area contributed by atoms with Gasteiger partial charge in [-0.25, -0.2) is 19.2 Å². The first-order valence-corrected chi connectivity index (χ1v) is 15.7. The molecule has 19 nitrogen and oxygen atoms in total.